The summed E-state index contributed by atoms with van der Waals surface area (Å²) in [6.07, 6.45) is 3.41. The Bertz CT molecular complexity index is 815. The fourth-order valence-corrected chi connectivity index (χ4v) is 2.38. The summed E-state index contributed by atoms with van der Waals surface area (Å²) >= 11 is 0. The normalized spacial score (nSPS) is 12.4. The van der Waals surface area contributed by atoms with Crippen molar-refractivity contribution in [2.45, 2.75) is 0 Å². The summed E-state index contributed by atoms with van der Waals surface area (Å²) < 4.78 is 20.9. The molecule has 0 atom stereocenters. The van der Waals surface area contributed by atoms with E-state index < -0.39 is 4.92 Å². The van der Waals surface area contributed by atoms with E-state index in [1.807, 2.05) is 6.07 Å². The summed E-state index contributed by atoms with van der Waals surface area (Å²) in [5, 5.41) is 11.3. The molecular formula is C17H15NO6. The van der Waals surface area contributed by atoms with Gasteiger partial charge in [0.25, 0.3) is 5.69 Å². The van der Waals surface area contributed by atoms with Gasteiger partial charge in [-0.15, -0.1) is 0 Å². The lowest BCUT2D eigenvalue weighted by Crippen LogP contribution is -1.93. The molecule has 3 rings (SSSR count). The molecule has 2 aromatic carbocycles. The monoisotopic (exact) mass is 329 g/mol. The first kappa shape index (κ1) is 15.7. The summed E-state index contributed by atoms with van der Waals surface area (Å²) in [7, 11) is 3.11. The molecule has 1 aliphatic rings. The average molecular weight is 329 g/mol. The topological polar surface area (TPSA) is 80.1 Å². The van der Waals surface area contributed by atoms with Gasteiger partial charge in [-0.05, 0) is 29.8 Å². The van der Waals surface area contributed by atoms with Crippen LogP contribution in [0, 0.1) is 10.1 Å². The molecule has 0 amide bonds. The standard InChI is InChI=1S/C17H15NO6/c1-21-14-6-4-11(7-15(14)22-2)3-5-12-8-16-17(24-10-23-16)9-13(12)18(19)20/h3-9H,10H2,1-2H3/b5-3+. The van der Waals surface area contributed by atoms with Crippen molar-refractivity contribution in [3.8, 4) is 23.0 Å². The highest BCUT2D eigenvalue weighted by Crippen LogP contribution is 2.38. The van der Waals surface area contributed by atoms with Crippen LogP contribution >= 0.6 is 0 Å². The van der Waals surface area contributed by atoms with Gasteiger partial charge in [0.15, 0.2) is 23.0 Å². The highest BCUT2D eigenvalue weighted by atomic mass is 16.7. The van der Waals surface area contributed by atoms with E-state index in [2.05, 4.69) is 0 Å². The molecule has 0 fully saturated rings. The number of nitro benzene ring substituents is 1. The lowest BCUT2D eigenvalue weighted by atomic mass is 10.1. The van der Waals surface area contributed by atoms with E-state index in [0.29, 0.717) is 28.6 Å². The van der Waals surface area contributed by atoms with Crippen LogP contribution in [0.4, 0.5) is 5.69 Å². The number of methoxy groups -OCH3 is 2. The molecule has 2 aromatic rings. The van der Waals surface area contributed by atoms with E-state index >= 15 is 0 Å². The van der Waals surface area contributed by atoms with Crippen LogP contribution in [0.5, 0.6) is 23.0 Å². The molecule has 7 heteroatoms. The zero-order valence-corrected chi connectivity index (χ0v) is 13.1. The van der Waals surface area contributed by atoms with Crippen molar-refractivity contribution in [3.05, 3.63) is 51.6 Å². The smallest absolute Gasteiger partial charge is 0.280 e. The fraction of sp³-hybridized carbons (Fsp3) is 0.176. The van der Waals surface area contributed by atoms with Crippen LogP contribution in [0.25, 0.3) is 12.2 Å². The molecular weight excluding hydrogens is 314 g/mol. The molecule has 0 saturated carbocycles. The molecule has 7 nitrogen and oxygen atoms in total. The first-order chi connectivity index (χ1) is 11.6. The Morgan fingerprint density at radius 1 is 1.04 bits per heavy atom. The molecule has 0 unspecified atom stereocenters. The highest BCUT2D eigenvalue weighted by molar-refractivity contribution is 5.77. The average Bonchev–Trinajstić information content (AvgIpc) is 3.06. The van der Waals surface area contributed by atoms with E-state index in [1.54, 1.807) is 44.6 Å². The van der Waals surface area contributed by atoms with Gasteiger partial charge in [-0.1, -0.05) is 12.1 Å². The van der Waals surface area contributed by atoms with Gasteiger partial charge in [-0.3, -0.25) is 10.1 Å². The van der Waals surface area contributed by atoms with E-state index in [9.17, 15) is 10.1 Å². The van der Waals surface area contributed by atoms with Gasteiger partial charge in [0, 0.05) is 0 Å². The van der Waals surface area contributed by atoms with Crippen molar-refractivity contribution >= 4 is 17.8 Å². The second-order valence-corrected chi connectivity index (χ2v) is 4.97. The molecule has 0 radical (unpaired) electrons. The van der Waals surface area contributed by atoms with Crippen LogP contribution in [-0.2, 0) is 0 Å². The second-order valence-electron chi connectivity index (χ2n) is 4.97. The summed E-state index contributed by atoms with van der Waals surface area (Å²) in [6.45, 7) is 0.0648. The number of fused-ring (bicyclic) bond motifs is 1. The quantitative estimate of drug-likeness (QED) is 0.474. The van der Waals surface area contributed by atoms with Crippen LogP contribution in [0.15, 0.2) is 30.3 Å². The second kappa shape index (κ2) is 6.49. The zero-order valence-electron chi connectivity index (χ0n) is 13.1. The van der Waals surface area contributed by atoms with E-state index in [-0.39, 0.29) is 12.5 Å². The number of hydrogen-bond donors (Lipinski definition) is 0. The third kappa shape index (κ3) is 2.96. The van der Waals surface area contributed by atoms with Gasteiger partial charge in [0.1, 0.15) is 0 Å². The van der Waals surface area contributed by atoms with Gasteiger partial charge in [0.05, 0.1) is 30.8 Å². The minimum absolute atomic E-state index is 0.0454. The van der Waals surface area contributed by atoms with Gasteiger partial charge in [0.2, 0.25) is 6.79 Å². The van der Waals surface area contributed by atoms with Crippen molar-refractivity contribution in [1.82, 2.24) is 0 Å². The summed E-state index contributed by atoms with van der Waals surface area (Å²) in [5.41, 5.74) is 1.20. The highest BCUT2D eigenvalue weighted by Gasteiger charge is 2.22. The number of benzene rings is 2. The molecule has 0 spiro atoms. The fourth-order valence-electron chi connectivity index (χ4n) is 2.38. The van der Waals surface area contributed by atoms with Gasteiger partial charge >= 0.3 is 0 Å². The third-order valence-electron chi connectivity index (χ3n) is 3.58. The Hall–Kier alpha value is -3.22. The van der Waals surface area contributed by atoms with Crippen LogP contribution in [0.2, 0.25) is 0 Å². The molecule has 1 heterocycles. The molecule has 0 aliphatic carbocycles. The first-order valence-corrected chi connectivity index (χ1v) is 7.10. The van der Waals surface area contributed by atoms with Crippen LogP contribution in [0.1, 0.15) is 11.1 Å². The summed E-state index contributed by atoms with van der Waals surface area (Å²) in [6, 6.07) is 8.35. The maximum atomic E-state index is 11.3. The maximum absolute atomic E-state index is 11.3. The zero-order chi connectivity index (χ0) is 17.1. The predicted molar refractivity (Wildman–Crippen MR) is 87.7 cm³/mol. The number of ether oxygens (including phenoxy) is 4. The Labute approximate surface area is 138 Å². The Balaban J connectivity index is 1.96. The largest absolute Gasteiger partial charge is 0.493 e. The predicted octanol–water partition coefficient (Wildman–Crippen LogP) is 3.51. The first-order valence-electron chi connectivity index (χ1n) is 7.10. The molecule has 24 heavy (non-hydrogen) atoms. The molecule has 1 aliphatic heterocycles. The minimum atomic E-state index is -0.448. The molecule has 0 bridgehead atoms. The van der Waals surface area contributed by atoms with Crippen molar-refractivity contribution in [3.63, 3.8) is 0 Å². The van der Waals surface area contributed by atoms with Crippen LogP contribution < -0.4 is 18.9 Å². The van der Waals surface area contributed by atoms with Crippen molar-refractivity contribution in [2.75, 3.05) is 21.0 Å². The van der Waals surface area contributed by atoms with Gasteiger partial charge < -0.3 is 18.9 Å². The number of nitrogens with zero attached hydrogens (tertiary/aromatic N) is 1. The molecule has 0 N–H and O–H groups in total. The summed E-state index contributed by atoms with van der Waals surface area (Å²) in [5.74, 6) is 2.07. The third-order valence-corrected chi connectivity index (χ3v) is 3.58. The van der Waals surface area contributed by atoms with E-state index in [1.165, 1.54) is 6.07 Å². The number of rotatable bonds is 5. The molecule has 124 valence electrons. The number of hydrogen-bond acceptors (Lipinski definition) is 6. The summed E-state index contributed by atoms with van der Waals surface area (Å²) in [4.78, 5) is 10.8. The lowest BCUT2D eigenvalue weighted by Gasteiger charge is -2.07. The molecule has 0 aromatic heterocycles. The Morgan fingerprint density at radius 3 is 2.42 bits per heavy atom. The maximum Gasteiger partial charge on any atom is 0.280 e. The van der Waals surface area contributed by atoms with Gasteiger partial charge in [-0.2, -0.15) is 0 Å². The number of nitro groups is 1. The van der Waals surface area contributed by atoms with E-state index in [4.69, 9.17) is 18.9 Å². The van der Waals surface area contributed by atoms with Gasteiger partial charge in [-0.25, -0.2) is 0 Å². The van der Waals surface area contributed by atoms with E-state index in [0.717, 1.165) is 5.56 Å². The Morgan fingerprint density at radius 2 is 1.75 bits per heavy atom. The molecule has 0 saturated heterocycles. The Kier molecular flexibility index (Phi) is 4.24. The SMILES string of the molecule is COc1ccc(/C=C/c2cc3c(cc2[N+](=O)[O-])OCO3)cc1OC. The lowest BCUT2D eigenvalue weighted by molar-refractivity contribution is -0.385. The van der Waals surface area contributed by atoms with Crippen LogP contribution in [-0.4, -0.2) is 25.9 Å². The van der Waals surface area contributed by atoms with Crippen molar-refractivity contribution in [1.29, 1.82) is 0 Å². The van der Waals surface area contributed by atoms with Crippen molar-refractivity contribution < 1.29 is 23.9 Å². The minimum Gasteiger partial charge on any atom is -0.493 e. The van der Waals surface area contributed by atoms with Crippen molar-refractivity contribution in [2.24, 2.45) is 0 Å². The van der Waals surface area contributed by atoms with Crippen LogP contribution in [0.3, 0.4) is 0 Å².